The quantitative estimate of drug-likeness (QED) is 0.351. The molecule has 20 heavy (non-hydrogen) atoms. The Balaban J connectivity index is 2.49. The van der Waals surface area contributed by atoms with Crippen molar-refractivity contribution in [2.45, 2.75) is 25.9 Å². The van der Waals surface area contributed by atoms with E-state index in [2.05, 4.69) is 9.47 Å². The van der Waals surface area contributed by atoms with Crippen LogP contribution < -0.4 is 4.74 Å². The first-order valence-corrected chi connectivity index (χ1v) is 6.81. The molecule has 0 radical (unpaired) electrons. The normalized spacial score (nSPS) is 13.2. The van der Waals surface area contributed by atoms with Gasteiger partial charge in [-0.05, 0) is 17.7 Å². The smallest absolute Gasteiger partial charge is 0.516 e. The topological polar surface area (TPSA) is 102 Å². The summed E-state index contributed by atoms with van der Waals surface area (Å²) in [5.74, 6) is -0.514. The first kappa shape index (κ1) is 16.1. The zero-order valence-electron chi connectivity index (χ0n) is 10.9. The van der Waals surface area contributed by atoms with Crippen molar-refractivity contribution >= 4 is 23.2 Å². The van der Waals surface area contributed by atoms with Gasteiger partial charge in [-0.2, -0.15) is 0 Å². The van der Waals surface area contributed by atoms with Crippen molar-refractivity contribution in [1.29, 1.82) is 0 Å². The first-order valence-electron chi connectivity index (χ1n) is 5.57. The van der Waals surface area contributed by atoms with E-state index in [0.29, 0.717) is 5.56 Å². The predicted molar refractivity (Wildman–Crippen MR) is 67.4 cm³/mol. The van der Waals surface area contributed by atoms with Gasteiger partial charge in [0.1, 0.15) is 5.75 Å². The second kappa shape index (κ2) is 7.61. The molecule has 0 heterocycles. The molecule has 110 valence electrons. The highest BCUT2D eigenvalue weighted by Gasteiger charge is 2.13. The van der Waals surface area contributed by atoms with Crippen LogP contribution in [0.5, 0.6) is 5.75 Å². The lowest BCUT2D eigenvalue weighted by Crippen LogP contribution is -2.22. The molecule has 0 saturated heterocycles. The van der Waals surface area contributed by atoms with Crippen LogP contribution in [0.2, 0.25) is 0 Å². The van der Waals surface area contributed by atoms with Gasteiger partial charge in [0.2, 0.25) is 6.29 Å². The number of hydrogen-bond acceptors (Lipinski definition) is 7. The molecule has 2 atom stereocenters. The fourth-order valence-corrected chi connectivity index (χ4v) is 1.77. The van der Waals surface area contributed by atoms with E-state index in [0.717, 1.165) is 0 Å². The maximum Gasteiger partial charge on any atom is 0.516 e. The molecule has 0 aliphatic rings. The summed E-state index contributed by atoms with van der Waals surface area (Å²) in [6.07, 6.45) is -2.08. The van der Waals surface area contributed by atoms with E-state index in [-0.39, 0.29) is 11.5 Å². The Bertz CT molecular complexity index is 497. The van der Waals surface area contributed by atoms with Crippen molar-refractivity contribution in [3.8, 4) is 5.75 Å². The molecule has 0 amide bonds. The van der Waals surface area contributed by atoms with Crippen LogP contribution in [0.15, 0.2) is 24.3 Å². The van der Waals surface area contributed by atoms with Crippen molar-refractivity contribution in [3.63, 3.8) is 0 Å². The molecule has 0 aromatic heterocycles. The van der Waals surface area contributed by atoms with Gasteiger partial charge in [0.05, 0.1) is 0 Å². The molecule has 8 heteroatoms. The van der Waals surface area contributed by atoms with Gasteiger partial charge in [0, 0.05) is 19.6 Å². The maximum atomic E-state index is 11.3. The van der Waals surface area contributed by atoms with Crippen molar-refractivity contribution in [2.75, 3.05) is 0 Å². The molecule has 0 aliphatic carbocycles. The van der Waals surface area contributed by atoms with Crippen LogP contribution in [0.4, 0.5) is 4.79 Å². The van der Waals surface area contributed by atoms with Crippen molar-refractivity contribution in [3.05, 3.63) is 29.8 Å². The molecule has 0 N–H and O–H groups in total. The zero-order chi connectivity index (χ0) is 15.1. The highest BCUT2D eigenvalue weighted by molar-refractivity contribution is 7.78. The Morgan fingerprint density at radius 1 is 1.25 bits per heavy atom. The van der Waals surface area contributed by atoms with Crippen LogP contribution in [0.1, 0.15) is 19.4 Å². The van der Waals surface area contributed by atoms with E-state index in [9.17, 15) is 18.4 Å². The van der Waals surface area contributed by atoms with E-state index < -0.39 is 29.5 Å². The van der Waals surface area contributed by atoms with Crippen LogP contribution in [0.3, 0.4) is 0 Å². The van der Waals surface area contributed by atoms with Crippen molar-refractivity contribution in [2.24, 2.45) is 0 Å². The summed E-state index contributed by atoms with van der Waals surface area (Å²) in [5.41, 5.74) is 0.562. The molecule has 7 nitrogen and oxygen atoms in total. The second-order valence-corrected chi connectivity index (χ2v) is 4.64. The Labute approximate surface area is 118 Å². The molecule has 0 bridgehead atoms. The minimum absolute atomic E-state index is 0.117. The fraction of sp³-hybridized carbons (Fsp3) is 0.333. The Morgan fingerprint density at radius 2 is 1.85 bits per heavy atom. The molecule has 1 aromatic rings. The summed E-state index contributed by atoms with van der Waals surface area (Å²) in [6, 6.07) is 5.88. The summed E-state index contributed by atoms with van der Waals surface area (Å²) in [6.45, 7) is 2.55. The van der Waals surface area contributed by atoms with Gasteiger partial charge in [-0.1, -0.05) is 23.2 Å². The van der Waals surface area contributed by atoms with Gasteiger partial charge < -0.3 is 18.8 Å². The summed E-state index contributed by atoms with van der Waals surface area (Å²) < 4.78 is 35.1. The SMILES string of the molecule is CC(=O)OC(C)OC(=O)Oc1ccc(CS(=O)[O-])cc1. The van der Waals surface area contributed by atoms with Gasteiger partial charge in [-0.25, -0.2) is 4.79 Å². The van der Waals surface area contributed by atoms with Crippen LogP contribution >= 0.6 is 0 Å². The number of ether oxygens (including phenoxy) is 3. The van der Waals surface area contributed by atoms with Crippen LogP contribution in [0.25, 0.3) is 0 Å². The molecule has 0 saturated carbocycles. The third-order valence-electron chi connectivity index (χ3n) is 2.00. The second-order valence-electron chi connectivity index (χ2n) is 3.74. The molecule has 1 aromatic carbocycles. The van der Waals surface area contributed by atoms with Crippen LogP contribution in [0, 0.1) is 0 Å². The molecule has 1 rings (SSSR count). The molecular formula is C12H13O7S-. The number of hydrogen-bond donors (Lipinski definition) is 0. The summed E-state index contributed by atoms with van der Waals surface area (Å²) in [5, 5.41) is 0. The largest absolute Gasteiger partial charge is 0.772 e. The van der Waals surface area contributed by atoms with Gasteiger partial charge in [0.25, 0.3) is 0 Å². The first-order chi connectivity index (χ1) is 9.36. The number of esters is 1. The van der Waals surface area contributed by atoms with Gasteiger partial charge >= 0.3 is 12.1 Å². The van der Waals surface area contributed by atoms with E-state index in [1.807, 2.05) is 0 Å². The van der Waals surface area contributed by atoms with Crippen LogP contribution in [-0.4, -0.2) is 27.2 Å². The molecule has 0 fully saturated rings. The number of rotatable bonds is 5. The minimum Gasteiger partial charge on any atom is -0.772 e. The Hall–Kier alpha value is -1.93. The molecule has 0 aliphatic heterocycles. The maximum absolute atomic E-state index is 11.3. The highest BCUT2D eigenvalue weighted by Crippen LogP contribution is 2.14. The van der Waals surface area contributed by atoms with E-state index in [1.54, 1.807) is 0 Å². The van der Waals surface area contributed by atoms with Gasteiger partial charge in [-0.3, -0.25) is 9.00 Å². The monoisotopic (exact) mass is 301 g/mol. The predicted octanol–water partition coefficient (Wildman–Crippen LogP) is 1.49. The van der Waals surface area contributed by atoms with E-state index in [4.69, 9.17) is 4.74 Å². The van der Waals surface area contributed by atoms with Gasteiger partial charge in [-0.15, -0.1) is 0 Å². The number of benzene rings is 1. The minimum atomic E-state index is -2.18. The standard InChI is InChI=1S/C12H14O7S/c1-8(13)17-9(2)18-12(14)19-11-5-3-10(4-6-11)7-20(15)16/h3-6,9H,7H2,1-2H3,(H,15,16)/p-1. The summed E-state index contributed by atoms with van der Waals surface area (Å²) >= 11 is -2.18. The molecular weight excluding hydrogens is 288 g/mol. The van der Waals surface area contributed by atoms with E-state index in [1.165, 1.54) is 38.1 Å². The molecule has 0 spiro atoms. The van der Waals surface area contributed by atoms with Crippen molar-refractivity contribution < 1.29 is 32.6 Å². The lowest BCUT2D eigenvalue weighted by atomic mass is 10.2. The number of carbonyl (C=O) groups is 2. The third kappa shape index (κ3) is 6.30. The Morgan fingerprint density at radius 3 is 2.35 bits per heavy atom. The third-order valence-corrected chi connectivity index (χ3v) is 2.57. The zero-order valence-corrected chi connectivity index (χ0v) is 11.7. The van der Waals surface area contributed by atoms with Crippen LogP contribution in [-0.2, 0) is 31.1 Å². The Kier molecular flexibility index (Phi) is 6.13. The fourth-order valence-electron chi connectivity index (χ4n) is 1.30. The summed E-state index contributed by atoms with van der Waals surface area (Å²) in [7, 11) is 0. The van der Waals surface area contributed by atoms with Gasteiger partial charge in [0.15, 0.2) is 0 Å². The van der Waals surface area contributed by atoms with E-state index >= 15 is 0 Å². The average Bonchev–Trinajstić information content (AvgIpc) is 2.29. The lowest BCUT2D eigenvalue weighted by molar-refractivity contribution is -0.163. The summed E-state index contributed by atoms with van der Waals surface area (Å²) in [4.78, 5) is 21.9. The highest BCUT2D eigenvalue weighted by atomic mass is 32.2. The van der Waals surface area contributed by atoms with Crippen molar-refractivity contribution in [1.82, 2.24) is 0 Å². The lowest BCUT2D eigenvalue weighted by Gasteiger charge is -2.12. The number of carbonyl (C=O) groups excluding carboxylic acids is 2. The average molecular weight is 301 g/mol. The molecule has 2 unspecified atom stereocenters.